The van der Waals surface area contributed by atoms with Crippen LogP contribution >= 0.6 is 0 Å². The number of unbranched alkanes of at least 4 members (excludes halogenated alkanes) is 1. The minimum Gasteiger partial charge on any atom is -0.349 e. The van der Waals surface area contributed by atoms with Crippen LogP contribution in [0.15, 0.2) is 59.5 Å². The van der Waals surface area contributed by atoms with Gasteiger partial charge in [-0.15, -0.1) is 0 Å². The number of carbonyl (C=O) groups excluding carboxylic acids is 1. The number of benzene rings is 2. The van der Waals surface area contributed by atoms with Crippen molar-refractivity contribution in [3.05, 3.63) is 65.7 Å². The van der Waals surface area contributed by atoms with Gasteiger partial charge >= 0.3 is 0 Å². The molecule has 150 valence electrons. The van der Waals surface area contributed by atoms with E-state index in [1.54, 1.807) is 24.3 Å². The number of piperidine rings is 1. The van der Waals surface area contributed by atoms with E-state index in [2.05, 4.69) is 12.2 Å². The molecule has 0 bridgehead atoms. The summed E-state index contributed by atoms with van der Waals surface area (Å²) in [7, 11) is -3.48. The SMILES string of the molecule is CCCCc1ccc(S(=O)(=O)N2CCC(NC(=O)c3ccccc3)CC2)cc1. The predicted molar refractivity (Wildman–Crippen MR) is 111 cm³/mol. The molecule has 5 nitrogen and oxygen atoms in total. The minimum atomic E-state index is -3.48. The maximum Gasteiger partial charge on any atom is 0.251 e. The van der Waals surface area contributed by atoms with Crippen molar-refractivity contribution >= 4 is 15.9 Å². The van der Waals surface area contributed by atoms with E-state index >= 15 is 0 Å². The number of nitrogens with zero attached hydrogens (tertiary/aromatic N) is 1. The van der Waals surface area contributed by atoms with E-state index in [0.717, 1.165) is 19.3 Å². The smallest absolute Gasteiger partial charge is 0.251 e. The summed E-state index contributed by atoms with van der Waals surface area (Å²) in [6.07, 6.45) is 4.44. The van der Waals surface area contributed by atoms with Gasteiger partial charge in [0.25, 0.3) is 5.91 Å². The Morgan fingerprint density at radius 1 is 1.04 bits per heavy atom. The van der Waals surface area contributed by atoms with Crippen LogP contribution in [-0.2, 0) is 16.4 Å². The largest absolute Gasteiger partial charge is 0.349 e. The summed E-state index contributed by atoms with van der Waals surface area (Å²) in [5.41, 5.74) is 1.80. The van der Waals surface area contributed by atoms with E-state index < -0.39 is 10.0 Å². The number of aryl methyl sites for hydroxylation is 1. The van der Waals surface area contributed by atoms with Crippen molar-refractivity contribution < 1.29 is 13.2 Å². The Kier molecular flexibility index (Phi) is 6.86. The second-order valence-corrected chi connectivity index (χ2v) is 9.20. The monoisotopic (exact) mass is 400 g/mol. The summed E-state index contributed by atoms with van der Waals surface area (Å²) in [6, 6.07) is 16.3. The molecule has 1 fully saturated rings. The third-order valence-electron chi connectivity index (χ3n) is 5.21. The molecule has 2 aromatic rings. The standard InChI is InChI=1S/C22H28N2O3S/c1-2-3-7-18-10-12-21(13-11-18)28(26,27)24-16-14-20(15-17-24)23-22(25)19-8-5-4-6-9-19/h4-6,8-13,20H,2-3,7,14-17H2,1H3,(H,23,25). The van der Waals surface area contributed by atoms with Crippen molar-refractivity contribution in [2.45, 2.75) is 50.0 Å². The lowest BCUT2D eigenvalue weighted by atomic mass is 10.1. The van der Waals surface area contributed by atoms with Crippen LogP contribution in [-0.4, -0.2) is 37.8 Å². The topological polar surface area (TPSA) is 66.5 Å². The van der Waals surface area contributed by atoms with Gasteiger partial charge in [0.1, 0.15) is 0 Å². The summed E-state index contributed by atoms with van der Waals surface area (Å²) in [5, 5.41) is 3.01. The number of sulfonamides is 1. The zero-order valence-corrected chi connectivity index (χ0v) is 17.1. The fourth-order valence-corrected chi connectivity index (χ4v) is 4.93. The van der Waals surface area contributed by atoms with Crippen LogP contribution < -0.4 is 5.32 Å². The van der Waals surface area contributed by atoms with E-state index in [0.29, 0.717) is 36.4 Å². The summed E-state index contributed by atoms with van der Waals surface area (Å²) >= 11 is 0. The number of nitrogens with one attached hydrogen (secondary N) is 1. The molecule has 1 aliphatic rings. The molecule has 1 aliphatic heterocycles. The molecule has 6 heteroatoms. The van der Waals surface area contributed by atoms with Gasteiger partial charge in [-0.1, -0.05) is 43.7 Å². The maximum absolute atomic E-state index is 12.9. The molecule has 1 amide bonds. The zero-order valence-electron chi connectivity index (χ0n) is 16.3. The molecular weight excluding hydrogens is 372 g/mol. The Morgan fingerprint density at radius 2 is 1.68 bits per heavy atom. The number of carbonyl (C=O) groups is 1. The van der Waals surface area contributed by atoms with Gasteiger partial charge in [-0.05, 0) is 55.5 Å². The molecule has 0 aliphatic carbocycles. The molecule has 28 heavy (non-hydrogen) atoms. The first kappa shape index (κ1) is 20.6. The Bertz CT molecular complexity index is 872. The minimum absolute atomic E-state index is 0.00410. The predicted octanol–water partition coefficient (Wildman–Crippen LogP) is 3.61. The Labute approximate surface area is 167 Å². The Morgan fingerprint density at radius 3 is 2.29 bits per heavy atom. The van der Waals surface area contributed by atoms with Crippen molar-refractivity contribution in [1.29, 1.82) is 0 Å². The average Bonchev–Trinajstić information content (AvgIpc) is 2.73. The number of hydrogen-bond donors (Lipinski definition) is 1. The second-order valence-electron chi connectivity index (χ2n) is 7.27. The first-order valence-electron chi connectivity index (χ1n) is 9.95. The molecular formula is C22H28N2O3S. The molecule has 1 N–H and O–H groups in total. The third-order valence-corrected chi connectivity index (χ3v) is 7.12. The molecule has 3 rings (SSSR count). The first-order chi connectivity index (χ1) is 13.5. The zero-order chi connectivity index (χ0) is 20.0. The van der Waals surface area contributed by atoms with Crippen molar-refractivity contribution in [1.82, 2.24) is 9.62 Å². The molecule has 1 saturated heterocycles. The van der Waals surface area contributed by atoms with Gasteiger partial charge in [0.2, 0.25) is 10.0 Å². The summed E-state index contributed by atoms with van der Waals surface area (Å²) in [6.45, 7) is 2.98. The van der Waals surface area contributed by atoms with Gasteiger partial charge < -0.3 is 5.32 Å². The van der Waals surface area contributed by atoms with Crippen LogP contribution in [0.1, 0.15) is 48.5 Å². The van der Waals surface area contributed by atoms with Crippen LogP contribution in [0.3, 0.4) is 0 Å². The number of rotatable bonds is 7. The molecule has 0 aromatic heterocycles. The van der Waals surface area contributed by atoms with Gasteiger partial charge in [0.15, 0.2) is 0 Å². The van der Waals surface area contributed by atoms with Crippen molar-refractivity contribution in [3.63, 3.8) is 0 Å². The van der Waals surface area contributed by atoms with Crippen LogP contribution in [0.2, 0.25) is 0 Å². The Balaban J connectivity index is 1.57. The molecule has 0 radical (unpaired) electrons. The summed E-state index contributed by atoms with van der Waals surface area (Å²) in [4.78, 5) is 12.6. The molecule has 2 aromatic carbocycles. The van der Waals surface area contributed by atoms with Crippen LogP contribution in [0.25, 0.3) is 0 Å². The summed E-state index contributed by atoms with van der Waals surface area (Å²) < 4.78 is 27.3. The lowest BCUT2D eigenvalue weighted by Crippen LogP contribution is -2.46. The second kappa shape index (κ2) is 9.34. The van der Waals surface area contributed by atoms with E-state index in [1.807, 2.05) is 30.3 Å². The molecule has 1 heterocycles. The maximum atomic E-state index is 12.9. The molecule has 0 saturated carbocycles. The quantitative estimate of drug-likeness (QED) is 0.772. The fourth-order valence-electron chi connectivity index (χ4n) is 3.46. The molecule has 0 atom stereocenters. The Hall–Kier alpha value is -2.18. The van der Waals surface area contributed by atoms with Crippen LogP contribution in [0.5, 0.6) is 0 Å². The average molecular weight is 401 g/mol. The van der Waals surface area contributed by atoms with Gasteiger partial charge in [-0.3, -0.25) is 4.79 Å². The number of hydrogen-bond acceptors (Lipinski definition) is 3. The summed E-state index contributed by atoms with van der Waals surface area (Å²) in [5.74, 6) is -0.107. The van der Waals surface area contributed by atoms with Gasteiger partial charge in [0, 0.05) is 24.7 Å². The lowest BCUT2D eigenvalue weighted by Gasteiger charge is -2.31. The fraction of sp³-hybridized carbons (Fsp3) is 0.409. The van der Waals surface area contributed by atoms with Crippen molar-refractivity contribution in [3.8, 4) is 0 Å². The van der Waals surface area contributed by atoms with Crippen molar-refractivity contribution in [2.24, 2.45) is 0 Å². The van der Waals surface area contributed by atoms with Crippen LogP contribution in [0.4, 0.5) is 0 Å². The van der Waals surface area contributed by atoms with Gasteiger partial charge in [-0.2, -0.15) is 4.31 Å². The van der Waals surface area contributed by atoms with E-state index in [-0.39, 0.29) is 11.9 Å². The molecule has 0 unspecified atom stereocenters. The highest BCUT2D eigenvalue weighted by Crippen LogP contribution is 2.22. The third kappa shape index (κ3) is 5.00. The highest BCUT2D eigenvalue weighted by atomic mass is 32.2. The highest BCUT2D eigenvalue weighted by Gasteiger charge is 2.30. The van der Waals surface area contributed by atoms with Gasteiger partial charge in [0.05, 0.1) is 4.90 Å². The normalized spacial score (nSPS) is 16.0. The highest BCUT2D eigenvalue weighted by molar-refractivity contribution is 7.89. The first-order valence-corrected chi connectivity index (χ1v) is 11.4. The lowest BCUT2D eigenvalue weighted by molar-refractivity contribution is 0.0924. The van der Waals surface area contributed by atoms with Crippen molar-refractivity contribution in [2.75, 3.05) is 13.1 Å². The van der Waals surface area contributed by atoms with E-state index in [9.17, 15) is 13.2 Å². The van der Waals surface area contributed by atoms with Gasteiger partial charge in [-0.25, -0.2) is 8.42 Å². The molecule has 0 spiro atoms. The van der Waals surface area contributed by atoms with Crippen LogP contribution in [0, 0.1) is 0 Å². The van der Waals surface area contributed by atoms with E-state index in [4.69, 9.17) is 0 Å². The van der Waals surface area contributed by atoms with E-state index in [1.165, 1.54) is 9.87 Å². The number of amides is 1.